The Morgan fingerprint density at radius 1 is 1.16 bits per heavy atom. The lowest BCUT2D eigenvalue weighted by Gasteiger charge is -2.33. The molecule has 0 aliphatic heterocycles. The molecular weight excluding hydrogens is 491 g/mol. The van der Waals surface area contributed by atoms with Gasteiger partial charge in [0.25, 0.3) is 0 Å². The average Bonchev–Trinajstić information content (AvgIpc) is 3.37. The Morgan fingerprint density at radius 2 is 1.86 bits per heavy atom. The van der Waals surface area contributed by atoms with E-state index in [1.807, 2.05) is 6.92 Å². The quantitative estimate of drug-likeness (QED) is 0.416. The zero-order chi connectivity index (χ0) is 26.5. The molecule has 1 unspecified atom stereocenters. The number of halogens is 3. The molecule has 3 heterocycles. The van der Waals surface area contributed by atoms with Gasteiger partial charge in [-0.3, -0.25) is 9.51 Å². The minimum atomic E-state index is -4.96. The summed E-state index contributed by atoms with van der Waals surface area (Å²) in [6, 6.07) is -0.0125. The molecule has 10 nitrogen and oxygen atoms in total. The molecule has 2 aliphatic rings. The largest absolute Gasteiger partial charge is 0.439 e. The van der Waals surface area contributed by atoms with Crippen LogP contribution in [0.5, 0.6) is 0 Å². The number of H-pyrrole nitrogens is 1. The number of anilines is 1. The molecule has 2 saturated carbocycles. The van der Waals surface area contributed by atoms with Crippen LogP contribution >= 0.6 is 0 Å². The summed E-state index contributed by atoms with van der Waals surface area (Å²) in [5, 5.41) is 17.7. The van der Waals surface area contributed by atoms with E-state index in [0.717, 1.165) is 44.9 Å². The molecule has 202 valence electrons. The third kappa shape index (κ3) is 4.85. The van der Waals surface area contributed by atoms with Gasteiger partial charge >= 0.3 is 11.9 Å². The van der Waals surface area contributed by atoms with Gasteiger partial charge in [-0.25, -0.2) is 19.7 Å². The number of aromatic nitrogens is 6. The molecule has 0 amide bonds. The lowest BCUT2D eigenvalue weighted by molar-refractivity contribution is -0.262. The number of imidazole rings is 1. The maximum Gasteiger partial charge on any atom is 0.439 e. The van der Waals surface area contributed by atoms with Gasteiger partial charge < -0.3 is 15.0 Å². The molecule has 13 heteroatoms. The molecule has 5 rings (SSSR count). The first kappa shape index (κ1) is 25.7. The van der Waals surface area contributed by atoms with Crippen molar-refractivity contribution in [3.8, 4) is 11.6 Å². The molecule has 37 heavy (non-hydrogen) atoms. The maximum atomic E-state index is 14.1. The molecule has 0 spiro atoms. The van der Waals surface area contributed by atoms with E-state index in [4.69, 9.17) is 0 Å². The molecule has 3 aromatic heterocycles. The van der Waals surface area contributed by atoms with Crippen molar-refractivity contribution in [2.45, 2.75) is 90.1 Å². The van der Waals surface area contributed by atoms with Crippen LogP contribution in [0.4, 0.5) is 19.0 Å². The summed E-state index contributed by atoms with van der Waals surface area (Å²) in [4.78, 5) is 27.0. The number of aromatic amines is 1. The molecular formula is C24H32F3N7O3. The molecule has 0 saturated heterocycles. The van der Waals surface area contributed by atoms with Crippen LogP contribution in [0.15, 0.2) is 9.32 Å². The summed E-state index contributed by atoms with van der Waals surface area (Å²) in [6.07, 6.45) is 1.96. The predicted molar refractivity (Wildman–Crippen MR) is 129 cm³/mol. The number of aliphatic hydroxyl groups is 1. The van der Waals surface area contributed by atoms with Crippen molar-refractivity contribution in [2.75, 3.05) is 5.32 Å². The van der Waals surface area contributed by atoms with Gasteiger partial charge in [-0.15, -0.1) is 0 Å². The molecule has 0 bridgehead atoms. The number of nitrogens with zero attached hydrogens (tertiary/aromatic N) is 5. The molecule has 0 radical (unpaired) electrons. The standard InChI is InChI=1S/C24H32F3N7O3/c1-12-7-9-14(10-8-12)11-34-16-17(28-13(2)15-5-4-6-15)29-19(20-32-22(35)37-33-20)30-18(16)31-21(34)23(3,36)24(25,26)27/h12-15,36H,4-11H2,1-3H3,(H,28,29,30)(H,32,33,35)/t12-,13-,14-,23?/m1/s1. The maximum absolute atomic E-state index is 14.1. The third-order valence-electron chi connectivity index (χ3n) is 8.04. The second-order valence-electron chi connectivity index (χ2n) is 10.9. The van der Waals surface area contributed by atoms with E-state index < -0.39 is 23.4 Å². The van der Waals surface area contributed by atoms with Gasteiger partial charge in [0.1, 0.15) is 5.52 Å². The molecule has 2 aliphatic carbocycles. The van der Waals surface area contributed by atoms with E-state index in [9.17, 15) is 23.1 Å². The highest BCUT2D eigenvalue weighted by Gasteiger charge is 2.54. The van der Waals surface area contributed by atoms with Crippen LogP contribution in [0.3, 0.4) is 0 Å². The van der Waals surface area contributed by atoms with Gasteiger partial charge in [-0.1, -0.05) is 31.3 Å². The Bertz CT molecular complexity index is 1320. The monoisotopic (exact) mass is 523 g/mol. The Kier molecular flexibility index (Phi) is 6.53. The first-order chi connectivity index (χ1) is 17.4. The third-order valence-corrected chi connectivity index (χ3v) is 8.04. The smallest absolute Gasteiger partial charge is 0.374 e. The first-order valence-corrected chi connectivity index (χ1v) is 12.8. The topological polar surface area (TPSA) is 135 Å². The van der Waals surface area contributed by atoms with Gasteiger partial charge in [0.15, 0.2) is 17.3 Å². The summed E-state index contributed by atoms with van der Waals surface area (Å²) in [6.45, 7) is 5.14. The van der Waals surface area contributed by atoms with Crippen molar-refractivity contribution in [1.29, 1.82) is 0 Å². The highest BCUT2D eigenvalue weighted by Crippen LogP contribution is 2.42. The Hall–Kier alpha value is -2.96. The van der Waals surface area contributed by atoms with Crippen LogP contribution < -0.4 is 11.1 Å². The van der Waals surface area contributed by atoms with Crippen LogP contribution in [0, 0.1) is 17.8 Å². The molecule has 3 N–H and O–H groups in total. The van der Waals surface area contributed by atoms with Crippen molar-refractivity contribution in [3.05, 3.63) is 16.4 Å². The van der Waals surface area contributed by atoms with Gasteiger partial charge in [0.2, 0.25) is 17.2 Å². The highest BCUT2D eigenvalue weighted by molar-refractivity contribution is 5.86. The summed E-state index contributed by atoms with van der Waals surface area (Å²) in [7, 11) is 0. The van der Waals surface area contributed by atoms with Crippen LogP contribution in [0.1, 0.15) is 71.5 Å². The summed E-state index contributed by atoms with van der Waals surface area (Å²) in [5.74, 6) is -0.0769. The van der Waals surface area contributed by atoms with Crippen molar-refractivity contribution in [1.82, 2.24) is 29.7 Å². The fraction of sp³-hybridized carbons (Fsp3) is 0.708. The zero-order valence-electron chi connectivity index (χ0n) is 21.1. The van der Waals surface area contributed by atoms with Crippen molar-refractivity contribution in [2.24, 2.45) is 17.8 Å². The molecule has 3 aromatic rings. The SMILES string of the molecule is C[C@@H](Nc1nc(-c2noc(=O)[nH]2)nc2nc(C(C)(O)C(F)(F)F)n(C[C@H]3CC[C@H](C)CC3)c12)C1CCC1. The van der Waals surface area contributed by atoms with Crippen LogP contribution in [-0.4, -0.2) is 47.0 Å². The lowest BCUT2D eigenvalue weighted by Crippen LogP contribution is -2.42. The van der Waals surface area contributed by atoms with Gasteiger partial charge in [0, 0.05) is 12.6 Å². The number of rotatable bonds is 7. The number of nitrogens with one attached hydrogen (secondary N) is 2. The molecule has 2 atom stereocenters. The fourth-order valence-corrected chi connectivity index (χ4v) is 5.29. The van der Waals surface area contributed by atoms with Crippen LogP contribution in [0.25, 0.3) is 22.8 Å². The Balaban J connectivity index is 1.69. The highest BCUT2D eigenvalue weighted by atomic mass is 19.4. The molecule has 0 aromatic carbocycles. The van der Waals surface area contributed by atoms with E-state index in [1.165, 1.54) is 4.57 Å². The average molecular weight is 524 g/mol. The van der Waals surface area contributed by atoms with Crippen molar-refractivity contribution < 1.29 is 22.8 Å². The van der Waals surface area contributed by atoms with E-state index >= 15 is 0 Å². The van der Waals surface area contributed by atoms with E-state index in [2.05, 4.69) is 41.9 Å². The van der Waals surface area contributed by atoms with Gasteiger partial charge in [-0.05, 0) is 57.3 Å². The summed E-state index contributed by atoms with van der Waals surface area (Å²) < 4.78 is 48.2. The summed E-state index contributed by atoms with van der Waals surface area (Å²) >= 11 is 0. The number of fused-ring (bicyclic) bond motifs is 1. The van der Waals surface area contributed by atoms with Crippen LogP contribution in [0.2, 0.25) is 0 Å². The predicted octanol–water partition coefficient (Wildman–Crippen LogP) is 4.37. The van der Waals surface area contributed by atoms with E-state index in [0.29, 0.717) is 24.3 Å². The van der Waals surface area contributed by atoms with Crippen molar-refractivity contribution >= 4 is 17.0 Å². The number of alkyl halides is 3. The summed E-state index contributed by atoms with van der Waals surface area (Å²) in [5.41, 5.74) is -2.95. The van der Waals surface area contributed by atoms with E-state index in [-0.39, 0.29) is 41.6 Å². The fourth-order valence-electron chi connectivity index (χ4n) is 5.29. The normalized spacial score (nSPS) is 23.5. The van der Waals surface area contributed by atoms with Gasteiger partial charge in [0.05, 0.1) is 0 Å². The zero-order valence-corrected chi connectivity index (χ0v) is 21.1. The van der Waals surface area contributed by atoms with Crippen molar-refractivity contribution in [3.63, 3.8) is 0 Å². The van der Waals surface area contributed by atoms with E-state index in [1.54, 1.807) is 0 Å². The Morgan fingerprint density at radius 3 is 2.43 bits per heavy atom. The van der Waals surface area contributed by atoms with Gasteiger partial charge in [-0.2, -0.15) is 13.2 Å². The van der Waals surface area contributed by atoms with Crippen LogP contribution in [-0.2, 0) is 12.1 Å². The Labute approximate surface area is 211 Å². The minimum Gasteiger partial charge on any atom is -0.374 e. The second kappa shape index (κ2) is 9.41. The second-order valence-corrected chi connectivity index (χ2v) is 10.9. The molecule has 2 fully saturated rings. The number of hydrogen-bond acceptors (Lipinski definition) is 8. The number of hydrogen-bond donors (Lipinski definition) is 3. The minimum absolute atomic E-state index is 0.0125. The first-order valence-electron chi connectivity index (χ1n) is 12.8. The lowest BCUT2D eigenvalue weighted by atomic mass is 9.80.